The summed E-state index contributed by atoms with van der Waals surface area (Å²) in [6.07, 6.45) is 7.46. The minimum atomic E-state index is 0.878. The first-order chi connectivity index (χ1) is 6.13. The van der Waals surface area contributed by atoms with Crippen LogP contribution in [-0.2, 0) is 0 Å². The lowest BCUT2D eigenvalue weighted by Crippen LogP contribution is -2.27. The van der Waals surface area contributed by atoms with Crippen LogP contribution in [0.4, 0.5) is 0 Å². The third-order valence-corrected chi connectivity index (χ3v) is 3.73. The van der Waals surface area contributed by atoms with E-state index in [9.17, 15) is 0 Å². The molecule has 0 saturated heterocycles. The molecule has 0 amide bonds. The molecule has 0 atom stereocenters. The summed E-state index contributed by atoms with van der Waals surface area (Å²) in [5.74, 6) is 3.76. The second-order valence-corrected chi connectivity index (χ2v) is 5.46. The highest BCUT2D eigenvalue weighted by Crippen LogP contribution is 2.37. The normalized spacial score (nSPS) is 20.5. The summed E-state index contributed by atoms with van der Waals surface area (Å²) in [5.41, 5.74) is 0. The van der Waals surface area contributed by atoms with E-state index in [-0.39, 0.29) is 0 Å². The molecule has 0 aliphatic heterocycles. The van der Waals surface area contributed by atoms with E-state index in [0.29, 0.717) is 0 Å². The lowest BCUT2D eigenvalue weighted by Gasteiger charge is -2.35. The summed E-state index contributed by atoms with van der Waals surface area (Å²) in [7, 11) is 0. The van der Waals surface area contributed by atoms with E-state index in [0.717, 1.165) is 23.7 Å². The maximum atomic E-state index is 2.40. The molecule has 1 fully saturated rings. The molecule has 78 valence electrons. The van der Waals surface area contributed by atoms with Crippen molar-refractivity contribution < 1.29 is 0 Å². The second-order valence-electron chi connectivity index (χ2n) is 5.46. The molecule has 0 unspecified atom stereocenters. The van der Waals surface area contributed by atoms with Gasteiger partial charge in [-0.2, -0.15) is 0 Å². The van der Waals surface area contributed by atoms with E-state index >= 15 is 0 Å². The Balaban J connectivity index is 2.52. The van der Waals surface area contributed by atoms with Gasteiger partial charge in [-0.25, -0.2) is 0 Å². The van der Waals surface area contributed by atoms with Gasteiger partial charge in [0.05, 0.1) is 0 Å². The van der Waals surface area contributed by atoms with Gasteiger partial charge in [0.15, 0.2) is 0 Å². The van der Waals surface area contributed by atoms with E-state index in [2.05, 4.69) is 27.7 Å². The monoisotopic (exact) mass is 182 g/mol. The third-order valence-electron chi connectivity index (χ3n) is 3.73. The van der Waals surface area contributed by atoms with Crippen molar-refractivity contribution in [3.8, 4) is 0 Å². The van der Waals surface area contributed by atoms with Crippen LogP contribution in [0.1, 0.15) is 59.8 Å². The molecule has 0 N–H and O–H groups in total. The average molecular weight is 182 g/mol. The molecule has 13 heavy (non-hydrogen) atoms. The highest BCUT2D eigenvalue weighted by molar-refractivity contribution is 4.78. The zero-order chi connectivity index (χ0) is 9.84. The Kier molecular flexibility index (Phi) is 4.28. The van der Waals surface area contributed by atoms with Crippen LogP contribution in [-0.4, -0.2) is 0 Å². The van der Waals surface area contributed by atoms with E-state index < -0.39 is 0 Å². The van der Waals surface area contributed by atoms with Gasteiger partial charge >= 0.3 is 0 Å². The fraction of sp³-hybridized carbons (Fsp3) is 1.00. The number of rotatable bonds is 3. The van der Waals surface area contributed by atoms with Crippen molar-refractivity contribution in [3.63, 3.8) is 0 Å². The molecule has 1 rings (SSSR count). The van der Waals surface area contributed by atoms with Crippen molar-refractivity contribution in [2.45, 2.75) is 59.8 Å². The molecule has 1 aliphatic carbocycles. The molecule has 0 aromatic heterocycles. The van der Waals surface area contributed by atoms with Crippen molar-refractivity contribution in [2.75, 3.05) is 0 Å². The highest BCUT2D eigenvalue weighted by atomic mass is 14.3. The minimum absolute atomic E-state index is 0.878. The molecule has 0 nitrogen and oxygen atoms in total. The Hall–Kier alpha value is 0. The van der Waals surface area contributed by atoms with Crippen molar-refractivity contribution in [2.24, 2.45) is 23.7 Å². The van der Waals surface area contributed by atoms with E-state index in [1.807, 2.05) is 0 Å². The summed E-state index contributed by atoms with van der Waals surface area (Å²) < 4.78 is 0. The van der Waals surface area contributed by atoms with Gasteiger partial charge in [-0.3, -0.25) is 0 Å². The molecular weight excluding hydrogens is 156 g/mol. The van der Waals surface area contributed by atoms with Gasteiger partial charge in [0.2, 0.25) is 0 Å². The Labute approximate surface area is 84.1 Å². The Morgan fingerprint density at radius 1 is 0.769 bits per heavy atom. The van der Waals surface area contributed by atoms with Crippen LogP contribution in [0.2, 0.25) is 0 Å². The Bertz CT molecular complexity index is 121. The first-order valence-corrected chi connectivity index (χ1v) is 6.13. The zero-order valence-corrected chi connectivity index (χ0v) is 9.84. The molecule has 0 spiro atoms. The van der Waals surface area contributed by atoms with Gasteiger partial charge in [-0.15, -0.1) is 0 Å². The molecule has 1 aliphatic rings. The van der Waals surface area contributed by atoms with Crippen molar-refractivity contribution in [1.82, 2.24) is 0 Å². The van der Waals surface area contributed by atoms with Gasteiger partial charge in [0.1, 0.15) is 0 Å². The predicted octanol–water partition coefficient (Wildman–Crippen LogP) is 4.49. The highest BCUT2D eigenvalue weighted by Gasteiger charge is 2.28. The summed E-state index contributed by atoms with van der Waals surface area (Å²) in [4.78, 5) is 0. The molecule has 0 aromatic carbocycles. The Morgan fingerprint density at radius 2 is 1.23 bits per heavy atom. The quantitative estimate of drug-likeness (QED) is 0.603. The van der Waals surface area contributed by atoms with Gasteiger partial charge in [0, 0.05) is 0 Å². The summed E-state index contributed by atoms with van der Waals surface area (Å²) >= 11 is 0. The van der Waals surface area contributed by atoms with E-state index in [4.69, 9.17) is 0 Å². The van der Waals surface area contributed by atoms with Gasteiger partial charge < -0.3 is 0 Å². The topological polar surface area (TPSA) is 0 Å². The fourth-order valence-electron chi connectivity index (χ4n) is 3.38. The summed E-state index contributed by atoms with van der Waals surface area (Å²) in [6, 6.07) is 0. The standard InChI is InChI=1S/C13H26/c1-10(2)13(11(3)4)12-8-6-5-7-9-12/h10-13H,5-9H2,1-4H3. The molecule has 0 heterocycles. The minimum Gasteiger partial charge on any atom is -0.0625 e. The lowest BCUT2D eigenvalue weighted by molar-refractivity contribution is 0.146. The van der Waals surface area contributed by atoms with Crippen LogP contribution in [0.3, 0.4) is 0 Å². The lowest BCUT2D eigenvalue weighted by atomic mass is 9.70. The average Bonchev–Trinajstić information content (AvgIpc) is 2.04. The zero-order valence-electron chi connectivity index (χ0n) is 9.84. The molecule has 0 heteroatoms. The van der Waals surface area contributed by atoms with Crippen LogP contribution >= 0.6 is 0 Å². The maximum Gasteiger partial charge on any atom is -0.0340 e. The predicted molar refractivity (Wildman–Crippen MR) is 59.7 cm³/mol. The van der Waals surface area contributed by atoms with Crippen molar-refractivity contribution in [1.29, 1.82) is 0 Å². The van der Waals surface area contributed by atoms with Crippen LogP contribution in [0.25, 0.3) is 0 Å². The van der Waals surface area contributed by atoms with E-state index in [1.165, 1.54) is 32.1 Å². The van der Waals surface area contributed by atoms with Crippen LogP contribution < -0.4 is 0 Å². The fourth-order valence-corrected chi connectivity index (χ4v) is 3.38. The number of hydrogen-bond donors (Lipinski definition) is 0. The SMILES string of the molecule is CC(C)C(C(C)C)C1CCCCC1. The third kappa shape index (κ3) is 3.00. The molecule has 0 bridgehead atoms. The van der Waals surface area contributed by atoms with Gasteiger partial charge in [-0.05, 0) is 23.7 Å². The van der Waals surface area contributed by atoms with Gasteiger partial charge in [-0.1, -0.05) is 59.8 Å². The second kappa shape index (κ2) is 5.02. The van der Waals surface area contributed by atoms with E-state index in [1.54, 1.807) is 0 Å². The van der Waals surface area contributed by atoms with Crippen LogP contribution in [0.5, 0.6) is 0 Å². The first kappa shape index (κ1) is 11.1. The molecule has 1 saturated carbocycles. The first-order valence-electron chi connectivity index (χ1n) is 6.13. The molecule has 0 aromatic rings. The van der Waals surface area contributed by atoms with Crippen LogP contribution in [0.15, 0.2) is 0 Å². The largest absolute Gasteiger partial charge is 0.0625 e. The Morgan fingerprint density at radius 3 is 1.62 bits per heavy atom. The molecule has 0 radical (unpaired) electrons. The van der Waals surface area contributed by atoms with Crippen LogP contribution in [0, 0.1) is 23.7 Å². The number of hydrogen-bond acceptors (Lipinski definition) is 0. The molecular formula is C13H26. The smallest absolute Gasteiger partial charge is 0.0340 e. The van der Waals surface area contributed by atoms with Crippen molar-refractivity contribution in [3.05, 3.63) is 0 Å². The summed E-state index contributed by atoms with van der Waals surface area (Å²) in [6.45, 7) is 9.61. The van der Waals surface area contributed by atoms with Gasteiger partial charge in [0.25, 0.3) is 0 Å². The summed E-state index contributed by atoms with van der Waals surface area (Å²) in [5, 5.41) is 0. The maximum absolute atomic E-state index is 2.40. The van der Waals surface area contributed by atoms with Crippen molar-refractivity contribution >= 4 is 0 Å².